The Bertz CT molecular complexity index is 398. The van der Waals surface area contributed by atoms with E-state index in [2.05, 4.69) is 5.32 Å². The zero-order chi connectivity index (χ0) is 12.8. The molecule has 1 unspecified atom stereocenters. The lowest BCUT2D eigenvalue weighted by molar-refractivity contribution is -0.383. The fourth-order valence-corrected chi connectivity index (χ4v) is 1.68. The lowest BCUT2D eigenvalue weighted by atomic mass is 10.1. The van der Waals surface area contributed by atoms with Crippen LogP contribution in [0.25, 0.3) is 0 Å². The van der Waals surface area contributed by atoms with Crippen molar-refractivity contribution in [2.24, 2.45) is 5.92 Å². The summed E-state index contributed by atoms with van der Waals surface area (Å²) in [6.45, 7) is 2.59. The third kappa shape index (κ3) is 3.87. The van der Waals surface area contributed by atoms with Gasteiger partial charge in [-0.25, -0.2) is 0 Å². The van der Waals surface area contributed by atoms with Crippen LogP contribution in [0.5, 0.6) is 0 Å². The molecule has 0 heterocycles. The van der Waals surface area contributed by atoms with Crippen LogP contribution in [0.3, 0.4) is 0 Å². The minimum absolute atomic E-state index is 0.0336. The van der Waals surface area contributed by atoms with Crippen molar-refractivity contribution in [3.8, 4) is 0 Å². The molecule has 0 saturated heterocycles. The molecule has 1 atom stereocenters. The number of aliphatic hydroxyl groups excluding tert-OH is 1. The zero-order valence-corrected chi connectivity index (χ0v) is 10.3. The first-order valence-electron chi connectivity index (χ1n) is 5.34. The van der Waals surface area contributed by atoms with Gasteiger partial charge in [0.2, 0.25) is 0 Å². The summed E-state index contributed by atoms with van der Waals surface area (Å²) < 4.78 is 0. The molecular weight excluding hydrogens is 244 g/mol. The molecular formula is C11H15ClN2O3. The molecule has 6 heteroatoms. The second-order valence-corrected chi connectivity index (χ2v) is 4.30. The van der Waals surface area contributed by atoms with Crippen molar-refractivity contribution in [1.82, 2.24) is 0 Å². The van der Waals surface area contributed by atoms with E-state index >= 15 is 0 Å². The average Bonchev–Trinajstić information content (AvgIpc) is 2.27. The standard InChI is InChI=1S/C11H15ClN2O3/c1-8(5-6-15)7-13-11-9(12)3-2-4-10(11)14(16)17/h2-4,8,13,15H,5-7H2,1H3. The number of nitro groups is 1. The molecule has 1 aromatic rings. The van der Waals surface area contributed by atoms with Crippen LogP contribution in [0, 0.1) is 16.0 Å². The second-order valence-electron chi connectivity index (χ2n) is 3.89. The number of hydrogen-bond donors (Lipinski definition) is 2. The summed E-state index contributed by atoms with van der Waals surface area (Å²) in [5, 5.41) is 22.9. The van der Waals surface area contributed by atoms with Crippen LogP contribution in [-0.4, -0.2) is 23.2 Å². The second kappa shape index (κ2) is 6.42. The molecule has 0 aliphatic carbocycles. The van der Waals surface area contributed by atoms with Gasteiger partial charge in [-0.2, -0.15) is 0 Å². The Labute approximate surface area is 105 Å². The first-order chi connectivity index (χ1) is 8.06. The van der Waals surface area contributed by atoms with Gasteiger partial charge < -0.3 is 10.4 Å². The molecule has 0 amide bonds. The van der Waals surface area contributed by atoms with E-state index in [0.29, 0.717) is 23.7 Å². The Morgan fingerprint density at radius 2 is 2.29 bits per heavy atom. The molecule has 5 nitrogen and oxygen atoms in total. The van der Waals surface area contributed by atoms with Crippen molar-refractivity contribution < 1.29 is 10.0 Å². The van der Waals surface area contributed by atoms with Gasteiger partial charge in [-0.3, -0.25) is 10.1 Å². The van der Waals surface area contributed by atoms with Crippen LogP contribution in [0.1, 0.15) is 13.3 Å². The van der Waals surface area contributed by atoms with Gasteiger partial charge in [0.05, 0.1) is 9.95 Å². The highest BCUT2D eigenvalue weighted by Gasteiger charge is 2.16. The molecule has 0 radical (unpaired) electrons. The van der Waals surface area contributed by atoms with Crippen LogP contribution in [-0.2, 0) is 0 Å². The molecule has 0 fully saturated rings. The molecule has 0 saturated carbocycles. The van der Waals surface area contributed by atoms with Gasteiger partial charge in [0.1, 0.15) is 5.69 Å². The number of nitrogens with one attached hydrogen (secondary N) is 1. The van der Waals surface area contributed by atoms with E-state index in [-0.39, 0.29) is 18.2 Å². The van der Waals surface area contributed by atoms with Crippen LogP contribution >= 0.6 is 11.6 Å². The fraction of sp³-hybridized carbons (Fsp3) is 0.455. The molecule has 2 N–H and O–H groups in total. The number of para-hydroxylation sites is 1. The predicted octanol–water partition coefficient (Wildman–Crippen LogP) is 2.68. The van der Waals surface area contributed by atoms with Gasteiger partial charge in [-0.1, -0.05) is 24.6 Å². The van der Waals surface area contributed by atoms with E-state index in [4.69, 9.17) is 16.7 Å². The van der Waals surface area contributed by atoms with Gasteiger partial charge >= 0.3 is 0 Å². The lowest BCUT2D eigenvalue weighted by Gasteiger charge is -2.13. The fourth-order valence-electron chi connectivity index (χ4n) is 1.44. The molecule has 0 spiro atoms. The van der Waals surface area contributed by atoms with E-state index < -0.39 is 4.92 Å². The number of hydrogen-bond acceptors (Lipinski definition) is 4. The summed E-state index contributed by atoms with van der Waals surface area (Å²) in [5.74, 6) is 0.218. The van der Waals surface area contributed by atoms with Crippen molar-refractivity contribution in [2.75, 3.05) is 18.5 Å². The highest BCUT2D eigenvalue weighted by Crippen LogP contribution is 2.31. The maximum Gasteiger partial charge on any atom is 0.293 e. The normalized spacial score (nSPS) is 12.2. The van der Waals surface area contributed by atoms with Gasteiger partial charge in [0.25, 0.3) is 5.69 Å². The van der Waals surface area contributed by atoms with Crippen LogP contribution in [0.4, 0.5) is 11.4 Å². The first kappa shape index (κ1) is 13.7. The Kier molecular flexibility index (Phi) is 5.18. The van der Waals surface area contributed by atoms with Crippen molar-refractivity contribution in [2.45, 2.75) is 13.3 Å². The maximum absolute atomic E-state index is 10.8. The Hall–Kier alpha value is -1.33. The molecule has 17 heavy (non-hydrogen) atoms. The number of anilines is 1. The smallest absolute Gasteiger partial charge is 0.293 e. The van der Waals surface area contributed by atoms with Crippen molar-refractivity contribution in [3.63, 3.8) is 0 Å². The molecule has 94 valence electrons. The number of nitro benzene ring substituents is 1. The largest absolute Gasteiger partial charge is 0.396 e. The van der Waals surface area contributed by atoms with Crippen molar-refractivity contribution in [1.29, 1.82) is 0 Å². The SMILES string of the molecule is CC(CCO)CNc1c(Cl)cccc1[N+](=O)[O-]. The van der Waals surface area contributed by atoms with Crippen LogP contribution in [0.15, 0.2) is 18.2 Å². The topological polar surface area (TPSA) is 75.4 Å². The van der Waals surface area contributed by atoms with Gasteiger partial charge in [0.15, 0.2) is 0 Å². The molecule has 0 aliphatic rings. The van der Waals surface area contributed by atoms with E-state index in [0.717, 1.165) is 0 Å². The molecule has 0 bridgehead atoms. The summed E-state index contributed by atoms with van der Waals surface area (Å²) in [6, 6.07) is 4.56. The Morgan fingerprint density at radius 1 is 1.59 bits per heavy atom. The van der Waals surface area contributed by atoms with E-state index in [1.54, 1.807) is 12.1 Å². The van der Waals surface area contributed by atoms with Crippen molar-refractivity contribution >= 4 is 23.0 Å². The number of benzene rings is 1. The average molecular weight is 259 g/mol. The first-order valence-corrected chi connectivity index (χ1v) is 5.71. The van der Waals surface area contributed by atoms with Crippen LogP contribution in [0.2, 0.25) is 5.02 Å². The molecule has 1 rings (SSSR count). The Morgan fingerprint density at radius 3 is 2.88 bits per heavy atom. The maximum atomic E-state index is 10.8. The lowest BCUT2D eigenvalue weighted by Crippen LogP contribution is -2.13. The van der Waals surface area contributed by atoms with E-state index in [1.807, 2.05) is 6.92 Å². The highest BCUT2D eigenvalue weighted by atomic mass is 35.5. The molecule has 0 aliphatic heterocycles. The number of halogens is 1. The highest BCUT2D eigenvalue weighted by molar-refractivity contribution is 6.33. The Balaban J connectivity index is 2.79. The summed E-state index contributed by atoms with van der Waals surface area (Å²) >= 11 is 5.92. The minimum Gasteiger partial charge on any atom is -0.396 e. The zero-order valence-electron chi connectivity index (χ0n) is 9.52. The summed E-state index contributed by atoms with van der Waals surface area (Å²) in [7, 11) is 0. The number of nitrogens with zero attached hydrogens (tertiary/aromatic N) is 1. The summed E-state index contributed by atoms with van der Waals surface area (Å²) in [6.07, 6.45) is 0.644. The quantitative estimate of drug-likeness (QED) is 0.608. The minimum atomic E-state index is -0.467. The third-order valence-corrected chi connectivity index (χ3v) is 2.75. The van der Waals surface area contributed by atoms with E-state index in [9.17, 15) is 10.1 Å². The number of aliphatic hydroxyl groups is 1. The van der Waals surface area contributed by atoms with Crippen molar-refractivity contribution in [3.05, 3.63) is 33.3 Å². The van der Waals surface area contributed by atoms with Gasteiger partial charge in [-0.05, 0) is 18.4 Å². The monoisotopic (exact) mass is 258 g/mol. The summed E-state index contributed by atoms with van der Waals surface area (Å²) in [5.41, 5.74) is 0.303. The van der Waals surface area contributed by atoms with Gasteiger partial charge in [0, 0.05) is 19.2 Å². The third-order valence-electron chi connectivity index (χ3n) is 2.44. The van der Waals surface area contributed by atoms with Gasteiger partial charge in [-0.15, -0.1) is 0 Å². The predicted molar refractivity (Wildman–Crippen MR) is 67.5 cm³/mol. The number of rotatable bonds is 6. The van der Waals surface area contributed by atoms with E-state index in [1.165, 1.54) is 6.07 Å². The summed E-state index contributed by atoms with van der Waals surface area (Å²) in [4.78, 5) is 10.3. The molecule has 1 aromatic carbocycles. The molecule has 0 aromatic heterocycles. The van der Waals surface area contributed by atoms with Crippen LogP contribution < -0.4 is 5.32 Å².